The first-order valence-corrected chi connectivity index (χ1v) is 3.78. The SMILES string of the molecule is CC1=NC2SC=NN2C1. The van der Waals surface area contributed by atoms with Crippen LogP contribution in [-0.4, -0.2) is 28.3 Å². The van der Waals surface area contributed by atoms with E-state index < -0.39 is 0 Å². The van der Waals surface area contributed by atoms with Crippen molar-refractivity contribution in [3.05, 3.63) is 0 Å². The fourth-order valence-corrected chi connectivity index (χ4v) is 1.74. The number of hydrogen-bond donors (Lipinski definition) is 0. The molecule has 0 aromatic carbocycles. The Hall–Kier alpha value is -0.510. The molecule has 48 valence electrons. The summed E-state index contributed by atoms with van der Waals surface area (Å²) in [6.45, 7) is 2.95. The van der Waals surface area contributed by atoms with Gasteiger partial charge in [0, 0.05) is 5.71 Å². The Morgan fingerprint density at radius 2 is 2.78 bits per heavy atom. The maximum atomic E-state index is 4.33. The minimum absolute atomic E-state index is 0.269. The molecule has 1 atom stereocenters. The standard InChI is InChI=1S/C5H7N3S/c1-4-2-8-5(7-4)9-3-6-8/h3,5H,2H2,1H3. The predicted octanol–water partition coefficient (Wildman–Crippen LogP) is 0.737. The van der Waals surface area contributed by atoms with Gasteiger partial charge in [-0.2, -0.15) is 5.10 Å². The number of hydrogen-bond acceptors (Lipinski definition) is 4. The van der Waals surface area contributed by atoms with Crippen LogP contribution in [0.5, 0.6) is 0 Å². The fraction of sp³-hybridized carbons (Fsp3) is 0.600. The van der Waals surface area contributed by atoms with E-state index in [1.54, 1.807) is 11.8 Å². The molecule has 2 rings (SSSR count). The topological polar surface area (TPSA) is 28.0 Å². The molecule has 0 aromatic rings. The van der Waals surface area contributed by atoms with E-state index in [-0.39, 0.29) is 5.50 Å². The first-order valence-electron chi connectivity index (χ1n) is 2.84. The van der Waals surface area contributed by atoms with Crippen molar-refractivity contribution < 1.29 is 0 Å². The monoisotopic (exact) mass is 141 g/mol. The van der Waals surface area contributed by atoms with Crippen molar-refractivity contribution in [1.82, 2.24) is 5.01 Å². The lowest BCUT2D eigenvalue weighted by molar-refractivity contribution is 0.347. The Morgan fingerprint density at radius 3 is 3.56 bits per heavy atom. The number of nitrogens with zero attached hydrogens (tertiary/aromatic N) is 3. The van der Waals surface area contributed by atoms with Crippen LogP contribution >= 0.6 is 11.8 Å². The minimum atomic E-state index is 0.269. The molecule has 9 heavy (non-hydrogen) atoms. The molecule has 3 nitrogen and oxygen atoms in total. The summed E-state index contributed by atoms with van der Waals surface area (Å²) in [6.07, 6.45) is 0. The van der Waals surface area contributed by atoms with Crippen molar-refractivity contribution in [3.8, 4) is 0 Å². The second-order valence-electron chi connectivity index (χ2n) is 2.15. The number of hydrazone groups is 1. The van der Waals surface area contributed by atoms with Crippen molar-refractivity contribution in [2.24, 2.45) is 10.1 Å². The number of aliphatic imine (C=N–C) groups is 1. The van der Waals surface area contributed by atoms with Crippen molar-refractivity contribution in [2.75, 3.05) is 6.54 Å². The largest absolute Gasteiger partial charge is 0.257 e. The van der Waals surface area contributed by atoms with E-state index in [1.807, 2.05) is 17.5 Å². The van der Waals surface area contributed by atoms with Crippen molar-refractivity contribution in [1.29, 1.82) is 0 Å². The lowest BCUT2D eigenvalue weighted by atomic mass is 10.4. The Morgan fingerprint density at radius 1 is 1.89 bits per heavy atom. The van der Waals surface area contributed by atoms with Gasteiger partial charge in [-0.15, -0.1) is 0 Å². The lowest BCUT2D eigenvalue weighted by Crippen LogP contribution is -2.18. The van der Waals surface area contributed by atoms with E-state index in [0.29, 0.717) is 0 Å². The Labute approximate surface area is 57.8 Å². The normalized spacial score (nSPS) is 31.0. The van der Waals surface area contributed by atoms with Gasteiger partial charge < -0.3 is 0 Å². The smallest absolute Gasteiger partial charge is 0.189 e. The molecule has 0 saturated heterocycles. The average Bonchev–Trinajstić information content (AvgIpc) is 2.22. The van der Waals surface area contributed by atoms with Crippen molar-refractivity contribution in [2.45, 2.75) is 12.4 Å². The maximum absolute atomic E-state index is 4.33. The van der Waals surface area contributed by atoms with Crippen LogP contribution in [0.15, 0.2) is 10.1 Å². The van der Waals surface area contributed by atoms with Gasteiger partial charge in [0.1, 0.15) is 0 Å². The molecular weight excluding hydrogens is 134 g/mol. The van der Waals surface area contributed by atoms with Gasteiger partial charge in [-0.3, -0.25) is 10.0 Å². The highest BCUT2D eigenvalue weighted by Crippen LogP contribution is 2.25. The van der Waals surface area contributed by atoms with Crippen LogP contribution in [0.4, 0.5) is 0 Å². The van der Waals surface area contributed by atoms with Crippen LogP contribution in [0.1, 0.15) is 6.92 Å². The van der Waals surface area contributed by atoms with E-state index in [2.05, 4.69) is 10.1 Å². The summed E-state index contributed by atoms with van der Waals surface area (Å²) in [5.41, 5.74) is 3.30. The first kappa shape index (κ1) is 5.29. The molecule has 0 fully saturated rings. The molecule has 0 spiro atoms. The molecule has 4 heteroatoms. The third-order valence-electron chi connectivity index (χ3n) is 1.35. The van der Waals surface area contributed by atoms with Crippen LogP contribution in [0.3, 0.4) is 0 Å². The molecule has 0 N–H and O–H groups in total. The van der Waals surface area contributed by atoms with Crippen molar-refractivity contribution in [3.63, 3.8) is 0 Å². The number of thioether (sulfide) groups is 1. The highest BCUT2D eigenvalue weighted by atomic mass is 32.2. The predicted molar refractivity (Wildman–Crippen MR) is 39.7 cm³/mol. The summed E-state index contributed by atoms with van der Waals surface area (Å²) < 4.78 is 0. The van der Waals surface area contributed by atoms with Crippen molar-refractivity contribution >= 4 is 23.0 Å². The van der Waals surface area contributed by atoms with Gasteiger partial charge in [-0.05, 0) is 6.92 Å². The summed E-state index contributed by atoms with van der Waals surface area (Å²) in [5, 5.41) is 6.09. The van der Waals surface area contributed by atoms with E-state index in [9.17, 15) is 0 Å². The lowest BCUT2D eigenvalue weighted by Gasteiger charge is -2.08. The van der Waals surface area contributed by atoms with Gasteiger partial charge in [0.25, 0.3) is 0 Å². The van der Waals surface area contributed by atoms with Gasteiger partial charge in [-0.1, -0.05) is 11.8 Å². The van der Waals surface area contributed by atoms with E-state index in [0.717, 1.165) is 6.54 Å². The van der Waals surface area contributed by atoms with Gasteiger partial charge in [0.05, 0.1) is 12.1 Å². The minimum Gasteiger partial charge on any atom is -0.257 e. The van der Waals surface area contributed by atoms with Crippen LogP contribution in [0.25, 0.3) is 0 Å². The quantitative estimate of drug-likeness (QED) is 0.497. The molecule has 2 heterocycles. The van der Waals surface area contributed by atoms with Gasteiger partial charge in [0.2, 0.25) is 0 Å². The second kappa shape index (κ2) is 1.73. The fourth-order valence-electron chi connectivity index (χ4n) is 0.949. The van der Waals surface area contributed by atoms with Crippen LogP contribution in [-0.2, 0) is 0 Å². The zero-order chi connectivity index (χ0) is 6.27. The third-order valence-corrected chi connectivity index (χ3v) is 2.16. The Balaban J connectivity index is 2.19. The molecule has 0 radical (unpaired) electrons. The molecule has 2 aliphatic rings. The summed E-state index contributed by atoms with van der Waals surface area (Å²) in [4.78, 5) is 4.33. The zero-order valence-electron chi connectivity index (χ0n) is 5.11. The van der Waals surface area contributed by atoms with Gasteiger partial charge in [-0.25, -0.2) is 0 Å². The molecule has 2 aliphatic heterocycles. The Bertz CT molecular complexity index is 187. The van der Waals surface area contributed by atoms with Crippen LogP contribution < -0.4 is 0 Å². The summed E-state index contributed by atoms with van der Waals surface area (Å²) in [6, 6.07) is 0. The molecule has 0 saturated carbocycles. The van der Waals surface area contributed by atoms with E-state index in [4.69, 9.17) is 0 Å². The van der Waals surface area contributed by atoms with E-state index in [1.165, 1.54) is 5.71 Å². The number of rotatable bonds is 0. The molecular formula is C5H7N3S. The summed E-state index contributed by atoms with van der Waals surface area (Å²) in [5.74, 6) is 0. The van der Waals surface area contributed by atoms with Gasteiger partial charge in [0.15, 0.2) is 5.50 Å². The van der Waals surface area contributed by atoms with Crippen LogP contribution in [0, 0.1) is 0 Å². The average molecular weight is 141 g/mol. The zero-order valence-corrected chi connectivity index (χ0v) is 5.93. The molecule has 0 aromatic heterocycles. The summed E-state index contributed by atoms with van der Waals surface area (Å²) >= 11 is 1.66. The van der Waals surface area contributed by atoms with Crippen LogP contribution in [0.2, 0.25) is 0 Å². The number of fused-ring (bicyclic) bond motifs is 1. The second-order valence-corrected chi connectivity index (χ2v) is 3.05. The summed E-state index contributed by atoms with van der Waals surface area (Å²) in [7, 11) is 0. The first-order chi connectivity index (χ1) is 4.36. The third kappa shape index (κ3) is 0.738. The highest BCUT2D eigenvalue weighted by Gasteiger charge is 2.25. The molecule has 1 unspecified atom stereocenters. The molecule has 0 bridgehead atoms. The Kier molecular flexibility index (Phi) is 1.02. The maximum Gasteiger partial charge on any atom is 0.189 e. The highest BCUT2D eigenvalue weighted by molar-refractivity contribution is 8.12. The van der Waals surface area contributed by atoms with Gasteiger partial charge >= 0.3 is 0 Å². The van der Waals surface area contributed by atoms with E-state index >= 15 is 0 Å². The molecule has 0 aliphatic carbocycles. The molecule has 0 amide bonds.